The molecule has 0 amide bonds. The van der Waals surface area contributed by atoms with Crippen molar-refractivity contribution >= 4 is 38.3 Å². The van der Waals surface area contributed by atoms with Gasteiger partial charge in [-0.15, -0.1) is 6.42 Å². The van der Waals surface area contributed by atoms with Gasteiger partial charge >= 0.3 is 0 Å². The number of halogens is 2. The van der Waals surface area contributed by atoms with Gasteiger partial charge in [0, 0.05) is 16.1 Å². The van der Waals surface area contributed by atoms with E-state index in [1.165, 1.54) is 0 Å². The van der Waals surface area contributed by atoms with Crippen LogP contribution in [0.2, 0.25) is 5.02 Å². The molecular weight excluding hydrogens is 277 g/mol. The van der Waals surface area contributed by atoms with Crippen LogP contribution in [0.4, 0.5) is 0 Å². The summed E-state index contributed by atoms with van der Waals surface area (Å²) in [5.41, 5.74) is 0. The van der Waals surface area contributed by atoms with Crippen molar-refractivity contribution in [2.75, 3.05) is 0 Å². The van der Waals surface area contributed by atoms with Crippen LogP contribution in [0.5, 0.6) is 5.88 Å². The maximum Gasteiger partial charge on any atom is 0.201 e. The van der Waals surface area contributed by atoms with Crippen molar-refractivity contribution in [3.63, 3.8) is 0 Å². The van der Waals surface area contributed by atoms with Crippen LogP contribution in [0, 0.1) is 12.3 Å². The Balaban J connectivity index is 2.77. The molecule has 0 atom stereocenters. The SMILES string of the molecule is C#CCn1cc2cc(Br)cc(Cl)c2c1O. The van der Waals surface area contributed by atoms with Gasteiger partial charge in [-0.3, -0.25) is 0 Å². The van der Waals surface area contributed by atoms with Crippen molar-refractivity contribution in [1.82, 2.24) is 4.57 Å². The van der Waals surface area contributed by atoms with Crippen molar-refractivity contribution in [3.05, 3.63) is 27.8 Å². The Morgan fingerprint density at radius 2 is 2.27 bits per heavy atom. The number of aromatic nitrogens is 1. The van der Waals surface area contributed by atoms with E-state index in [0.717, 1.165) is 9.86 Å². The number of benzene rings is 1. The second-order valence-electron chi connectivity index (χ2n) is 3.14. The second kappa shape index (κ2) is 3.80. The predicted octanol–water partition coefficient (Wildman–Crippen LogP) is 3.40. The Morgan fingerprint density at radius 3 is 2.93 bits per heavy atom. The van der Waals surface area contributed by atoms with Crippen LogP contribution >= 0.6 is 27.5 Å². The minimum absolute atomic E-state index is 0.112. The molecule has 2 aromatic rings. The summed E-state index contributed by atoms with van der Waals surface area (Å²) in [6.07, 6.45) is 6.97. The van der Waals surface area contributed by atoms with Crippen molar-refractivity contribution in [1.29, 1.82) is 0 Å². The van der Waals surface area contributed by atoms with E-state index in [1.807, 2.05) is 6.07 Å². The maximum atomic E-state index is 9.86. The van der Waals surface area contributed by atoms with Crippen LogP contribution in [0.3, 0.4) is 0 Å². The maximum absolute atomic E-state index is 9.86. The summed E-state index contributed by atoms with van der Waals surface area (Å²) < 4.78 is 2.46. The zero-order valence-electron chi connectivity index (χ0n) is 7.67. The van der Waals surface area contributed by atoms with Gasteiger partial charge in [-0.05, 0) is 12.1 Å². The number of rotatable bonds is 1. The molecule has 4 heteroatoms. The lowest BCUT2D eigenvalue weighted by atomic mass is 10.2. The fraction of sp³-hybridized carbons (Fsp3) is 0.0909. The Morgan fingerprint density at radius 1 is 1.53 bits per heavy atom. The molecule has 0 saturated carbocycles. The number of nitrogens with zero attached hydrogens (tertiary/aromatic N) is 1. The average molecular weight is 285 g/mol. The van der Waals surface area contributed by atoms with Gasteiger partial charge in [-0.25, -0.2) is 0 Å². The summed E-state index contributed by atoms with van der Waals surface area (Å²) in [5, 5.41) is 11.9. The van der Waals surface area contributed by atoms with Gasteiger partial charge in [0.25, 0.3) is 0 Å². The fourth-order valence-electron chi connectivity index (χ4n) is 1.52. The highest BCUT2D eigenvalue weighted by atomic mass is 79.9. The standard InChI is InChI=1S/C11H7BrClNO/c1-2-3-14-6-7-4-8(12)5-9(13)10(7)11(14)15/h1,4-6,15H,3H2. The van der Waals surface area contributed by atoms with Crippen LogP contribution < -0.4 is 0 Å². The molecule has 1 aromatic carbocycles. The third kappa shape index (κ3) is 1.71. The molecule has 1 N–H and O–H groups in total. The molecule has 0 fully saturated rings. The zero-order valence-corrected chi connectivity index (χ0v) is 10.0. The number of fused-ring (bicyclic) bond motifs is 1. The summed E-state index contributed by atoms with van der Waals surface area (Å²) >= 11 is 9.37. The summed E-state index contributed by atoms with van der Waals surface area (Å²) in [6.45, 7) is 0.328. The lowest BCUT2D eigenvalue weighted by Gasteiger charge is -1.98. The van der Waals surface area contributed by atoms with E-state index in [0.29, 0.717) is 17.0 Å². The number of hydrogen-bond donors (Lipinski definition) is 1. The molecule has 0 saturated heterocycles. The van der Waals surface area contributed by atoms with Crippen LogP contribution in [0.15, 0.2) is 22.8 Å². The smallest absolute Gasteiger partial charge is 0.201 e. The van der Waals surface area contributed by atoms with E-state index in [4.69, 9.17) is 18.0 Å². The molecule has 0 spiro atoms. The molecule has 1 heterocycles. The highest BCUT2D eigenvalue weighted by Gasteiger charge is 2.11. The summed E-state index contributed by atoms with van der Waals surface area (Å²) in [6, 6.07) is 3.62. The molecule has 0 bridgehead atoms. The largest absolute Gasteiger partial charge is 0.494 e. The Hall–Kier alpha value is -1.11. The molecule has 0 radical (unpaired) electrons. The average Bonchev–Trinajstić information content (AvgIpc) is 2.43. The van der Waals surface area contributed by atoms with E-state index in [1.54, 1.807) is 16.8 Å². The quantitative estimate of drug-likeness (QED) is 0.798. The molecule has 1 aromatic heterocycles. The summed E-state index contributed by atoms with van der Waals surface area (Å²) in [5.74, 6) is 2.58. The number of hydrogen-bond acceptors (Lipinski definition) is 1. The Labute approximate surface area is 101 Å². The molecule has 15 heavy (non-hydrogen) atoms. The first kappa shape index (κ1) is 10.4. The highest BCUT2D eigenvalue weighted by molar-refractivity contribution is 9.10. The van der Waals surface area contributed by atoms with Crippen molar-refractivity contribution < 1.29 is 5.11 Å². The minimum Gasteiger partial charge on any atom is -0.494 e. The van der Waals surface area contributed by atoms with Crippen LogP contribution in [0.25, 0.3) is 10.8 Å². The van der Waals surface area contributed by atoms with E-state index in [9.17, 15) is 5.11 Å². The van der Waals surface area contributed by atoms with Gasteiger partial charge in [0.05, 0.1) is 17.0 Å². The molecule has 2 nitrogen and oxygen atoms in total. The second-order valence-corrected chi connectivity index (χ2v) is 4.46. The first-order valence-electron chi connectivity index (χ1n) is 4.24. The van der Waals surface area contributed by atoms with E-state index < -0.39 is 0 Å². The normalized spacial score (nSPS) is 10.5. The molecule has 0 aliphatic heterocycles. The van der Waals surface area contributed by atoms with Gasteiger partial charge < -0.3 is 9.67 Å². The Kier molecular flexibility index (Phi) is 2.64. The summed E-state index contributed by atoms with van der Waals surface area (Å²) in [7, 11) is 0. The minimum atomic E-state index is 0.112. The Bertz CT molecular complexity index is 568. The third-order valence-electron chi connectivity index (χ3n) is 2.14. The first-order chi connectivity index (χ1) is 7.13. The monoisotopic (exact) mass is 283 g/mol. The van der Waals surface area contributed by atoms with Crippen molar-refractivity contribution in [3.8, 4) is 18.2 Å². The zero-order chi connectivity index (χ0) is 11.0. The van der Waals surface area contributed by atoms with E-state index in [-0.39, 0.29) is 5.88 Å². The van der Waals surface area contributed by atoms with Crippen LogP contribution in [0.1, 0.15) is 0 Å². The topological polar surface area (TPSA) is 25.2 Å². The highest BCUT2D eigenvalue weighted by Crippen LogP contribution is 2.35. The molecule has 76 valence electrons. The third-order valence-corrected chi connectivity index (χ3v) is 2.89. The van der Waals surface area contributed by atoms with Gasteiger partial charge in [-0.2, -0.15) is 0 Å². The molecule has 2 rings (SSSR count). The van der Waals surface area contributed by atoms with Crippen LogP contribution in [-0.2, 0) is 6.54 Å². The lowest BCUT2D eigenvalue weighted by Crippen LogP contribution is -1.90. The first-order valence-corrected chi connectivity index (χ1v) is 5.41. The van der Waals surface area contributed by atoms with Crippen molar-refractivity contribution in [2.24, 2.45) is 0 Å². The molecule has 0 aliphatic rings. The van der Waals surface area contributed by atoms with Gasteiger partial charge in [0.1, 0.15) is 0 Å². The lowest BCUT2D eigenvalue weighted by molar-refractivity contribution is 0.433. The van der Waals surface area contributed by atoms with Gasteiger partial charge in [0.15, 0.2) is 0 Å². The van der Waals surface area contributed by atoms with E-state index >= 15 is 0 Å². The van der Waals surface area contributed by atoms with Gasteiger partial charge in [-0.1, -0.05) is 33.5 Å². The van der Waals surface area contributed by atoms with Crippen molar-refractivity contribution in [2.45, 2.75) is 6.54 Å². The molecule has 0 aliphatic carbocycles. The fourth-order valence-corrected chi connectivity index (χ4v) is 2.44. The van der Waals surface area contributed by atoms with Gasteiger partial charge in [0.2, 0.25) is 5.88 Å². The predicted molar refractivity (Wildman–Crippen MR) is 65.1 cm³/mol. The number of aromatic hydroxyl groups is 1. The molecular formula is C11H7BrClNO. The van der Waals surface area contributed by atoms with E-state index in [2.05, 4.69) is 21.9 Å². The summed E-state index contributed by atoms with van der Waals surface area (Å²) in [4.78, 5) is 0. The number of terminal acetylenes is 1. The van der Waals surface area contributed by atoms with Crippen LogP contribution in [-0.4, -0.2) is 9.67 Å². The molecule has 0 unspecified atom stereocenters.